The number of hydrogen-bond acceptors (Lipinski definition) is 2. The summed E-state index contributed by atoms with van der Waals surface area (Å²) in [5.74, 6) is 0. The second-order valence-corrected chi connectivity index (χ2v) is 25.5. The van der Waals surface area contributed by atoms with E-state index < -0.39 is 0 Å². The van der Waals surface area contributed by atoms with Crippen LogP contribution in [0.2, 0.25) is 0 Å². The summed E-state index contributed by atoms with van der Waals surface area (Å²) in [6.07, 6.45) is 3.53. The Labute approximate surface area is 370 Å². The molecule has 0 unspecified atom stereocenters. The molecule has 2 aliphatic heterocycles. The predicted molar refractivity (Wildman–Crippen MR) is 267 cm³/mol. The molecule has 0 saturated carbocycles. The third kappa shape index (κ3) is 6.48. The van der Waals surface area contributed by atoms with Gasteiger partial charge >= 0.3 is 0 Å². The summed E-state index contributed by atoms with van der Waals surface area (Å²) < 4.78 is 0. The quantitative estimate of drug-likeness (QED) is 0.161. The Morgan fingerprint density at radius 1 is 0.426 bits per heavy atom. The van der Waals surface area contributed by atoms with Crippen molar-refractivity contribution >= 4 is 57.2 Å². The fourth-order valence-corrected chi connectivity index (χ4v) is 12.0. The van der Waals surface area contributed by atoms with E-state index in [1.807, 2.05) is 0 Å². The fourth-order valence-electron chi connectivity index (χ4n) is 12.0. The van der Waals surface area contributed by atoms with Gasteiger partial charge in [-0.25, -0.2) is 0 Å². The minimum absolute atomic E-state index is 0.000917. The van der Waals surface area contributed by atoms with Gasteiger partial charge in [-0.2, -0.15) is 0 Å². The Morgan fingerprint density at radius 2 is 0.885 bits per heavy atom. The average molecular weight is 809 g/mol. The highest BCUT2D eigenvalue weighted by molar-refractivity contribution is 7.00. The molecule has 0 amide bonds. The summed E-state index contributed by atoms with van der Waals surface area (Å²) in [5, 5.41) is 0. The molecule has 0 bridgehead atoms. The second-order valence-electron chi connectivity index (χ2n) is 25.5. The summed E-state index contributed by atoms with van der Waals surface area (Å²) in [6, 6.07) is 32.6. The van der Waals surface area contributed by atoms with Crippen LogP contribution in [0.1, 0.15) is 181 Å². The number of anilines is 6. The molecule has 9 rings (SSSR count). The smallest absolute Gasteiger partial charge is 0.252 e. The van der Waals surface area contributed by atoms with Crippen LogP contribution in [0.4, 0.5) is 34.1 Å². The van der Waals surface area contributed by atoms with Crippen LogP contribution in [-0.4, -0.2) is 6.71 Å². The maximum absolute atomic E-state index is 2.74. The first-order valence-corrected chi connectivity index (χ1v) is 23.4. The Kier molecular flexibility index (Phi) is 8.92. The molecule has 0 atom stereocenters. The first-order chi connectivity index (χ1) is 28.0. The van der Waals surface area contributed by atoms with E-state index in [0.717, 1.165) is 6.42 Å². The lowest BCUT2D eigenvalue weighted by Crippen LogP contribution is -2.62. The molecule has 318 valence electrons. The number of rotatable bonds is 2. The van der Waals surface area contributed by atoms with Crippen molar-refractivity contribution in [2.24, 2.45) is 0 Å². The summed E-state index contributed by atoms with van der Waals surface area (Å²) in [5.41, 5.74) is 23.9. The van der Waals surface area contributed by atoms with Crippen molar-refractivity contribution < 1.29 is 0 Å². The molecule has 0 radical (unpaired) electrons. The number of hydrogen-bond donors (Lipinski definition) is 0. The van der Waals surface area contributed by atoms with Crippen LogP contribution in [-0.2, 0) is 37.9 Å². The molecule has 2 aliphatic carbocycles. The lowest BCUT2D eigenvalue weighted by Gasteiger charge is -2.48. The first kappa shape index (κ1) is 42.1. The van der Waals surface area contributed by atoms with Crippen LogP contribution in [0.25, 0.3) is 0 Å². The zero-order valence-corrected chi connectivity index (χ0v) is 41.1. The van der Waals surface area contributed by atoms with Crippen molar-refractivity contribution in [3.8, 4) is 0 Å². The van der Waals surface area contributed by atoms with E-state index in [2.05, 4.69) is 213 Å². The third-order valence-corrected chi connectivity index (χ3v) is 15.7. The van der Waals surface area contributed by atoms with E-state index in [9.17, 15) is 0 Å². The molecule has 61 heavy (non-hydrogen) atoms. The standard InChI is InChI=1S/C58H73BN2/c1-35-27-40-43(58(17,18)34-57(40,15)16)32-47(35)61-48-33-42-41(55(11,12)25-26-56(42,13)14)31-45(48)59-44-28-37(53(5,6)7)21-24-46(44)60(39-22-19-36(20-23-39)52(2,3)4)49-29-38(54(8,9)10)30-50(61)51(49)59/h19-24,27-33H,25-26,34H2,1-18H3. The van der Waals surface area contributed by atoms with Gasteiger partial charge in [-0.05, 0) is 167 Å². The highest BCUT2D eigenvalue weighted by atomic mass is 15.2. The molecule has 0 saturated heterocycles. The Balaban J connectivity index is 1.45. The predicted octanol–water partition coefficient (Wildman–Crippen LogP) is 14.3. The number of benzene rings is 5. The van der Waals surface area contributed by atoms with Gasteiger partial charge < -0.3 is 9.80 Å². The lowest BCUT2D eigenvalue weighted by atomic mass is 9.32. The molecule has 2 nitrogen and oxygen atoms in total. The molecule has 0 N–H and O–H groups in total. The van der Waals surface area contributed by atoms with Gasteiger partial charge in [0.1, 0.15) is 0 Å². The van der Waals surface area contributed by atoms with Crippen molar-refractivity contribution in [1.29, 1.82) is 0 Å². The third-order valence-electron chi connectivity index (χ3n) is 15.7. The Hall–Kier alpha value is -4.24. The SMILES string of the molecule is Cc1cc2c(cc1N1c3cc4c(cc3B3c5cc(C(C)(C)C)ccc5N(c5ccc(C(C)(C)C)cc5)c5cc(C(C)(C)C)cc1c53)C(C)(C)CCC4(C)C)C(C)(C)CC2(C)C. The molecule has 0 fully saturated rings. The second kappa shape index (κ2) is 12.9. The molecule has 5 aromatic rings. The maximum atomic E-state index is 2.74. The van der Waals surface area contributed by atoms with Gasteiger partial charge in [-0.3, -0.25) is 0 Å². The van der Waals surface area contributed by atoms with Gasteiger partial charge in [0.05, 0.1) is 0 Å². The van der Waals surface area contributed by atoms with Gasteiger partial charge in [0, 0.05) is 34.1 Å². The van der Waals surface area contributed by atoms with Crippen molar-refractivity contribution in [2.75, 3.05) is 9.80 Å². The number of fused-ring (bicyclic) bond motifs is 6. The van der Waals surface area contributed by atoms with Gasteiger partial charge in [-0.1, -0.05) is 154 Å². The average Bonchev–Trinajstić information content (AvgIpc) is 3.32. The minimum atomic E-state index is -0.0774. The van der Waals surface area contributed by atoms with E-state index in [4.69, 9.17) is 0 Å². The Morgan fingerprint density at radius 3 is 1.44 bits per heavy atom. The van der Waals surface area contributed by atoms with E-state index in [1.165, 1.54) is 108 Å². The highest BCUT2D eigenvalue weighted by Crippen LogP contribution is 2.55. The van der Waals surface area contributed by atoms with Crippen molar-refractivity contribution in [1.82, 2.24) is 0 Å². The molecule has 4 aliphatic rings. The summed E-state index contributed by atoms with van der Waals surface area (Å²) >= 11 is 0. The summed E-state index contributed by atoms with van der Waals surface area (Å²) in [7, 11) is 0. The van der Waals surface area contributed by atoms with Crippen LogP contribution in [0.3, 0.4) is 0 Å². The van der Waals surface area contributed by atoms with Crippen LogP contribution >= 0.6 is 0 Å². The normalized spacial score (nSPS) is 19.2. The number of aryl methyl sites for hydroxylation is 1. The van der Waals surface area contributed by atoms with E-state index >= 15 is 0 Å². The van der Waals surface area contributed by atoms with Crippen molar-refractivity contribution in [3.63, 3.8) is 0 Å². The first-order valence-electron chi connectivity index (χ1n) is 23.4. The zero-order valence-electron chi connectivity index (χ0n) is 41.1. The van der Waals surface area contributed by atoms with Crippen LogP contribution in [0.5, 0.6) is 0 Å². The molecule has 2 heterocycles. The van der Waals surface area contributed by atoms with Crippen molar-refractivity contribution in [3.05, 3.63) is 123 Å². The summed E-state index contributed by atoms with van der Waals surface area (Å²) in [4.78, 5) is 5.36. The van der Waals surface area contributed by atoms with Crippen LogP contribution < -0.4 is 26.2 Å². The van der Waals surface area contributed by atoms with E-state index in [0.29, 0.717) is 0 Å². The molecule has 3 heteroatoms. The zero-order chi connectivity index (χ0) is 44.4. The number of nitrogens with zero attached hydrogens (tertiary/aromatic N) is 2. The topological polar surface area (TPSA) is 6.48 Å². The molecular weight excluding hydrogens is 735 g/mol. The molecule has 5 aromatic carbocycles. The monoisotopic (exact) mass is 809 g/mol. The van der Waals surface area contributed by atoms with Crippen molar-refractivity contribution in [2.45, 2.75) is 182 Å². The largest absolute Gasteiger partial charge is 0.311 e. The van der Waals surface area contributed by atoms with Crippen LogP contribution in [0, 0.1) is 6.92 Å². The molecule has 0 aromatic heterocycles. The maximum Gasteiger partial charge on any atom is 0.252 e. The highest BCUT2D eigenvalue weighted by Gasteiger charge is 2.48. The summed E-state index contributed by atoms with van der Waals surface area (Å²) in [6.45, 7) is 43.5. The van der Waals surface area contributed by atoms with Gasteiger partial charge in [0.25, 0.3) is 6.71 Å². The molecular formula is C58H73BN2. The molecule has 0 spiro atoms. The Bertz CT molecular complexity index is 2630. The van der Waals surface area contributed by atoms with E-state index in [-0.39, 0.29) is 44.6 Å². The van der Waals surface area contributed by atoms with Crippen LogP contribution in [0.15, 0.2) is 78.9 Å². The minimum Gasteiger partial charge on any atom is -0.311 e. The van der Waals surface area contributed by atoms with Gasteiger partial charge in [0.2, 0.25) is 0 Å². The van der Waals surface area contributed by atoms with Gasteiger partial charge in [-0.15, -0.1) is 0 Å². The van der Waals surface area contributed by atoms with Gasteiger partial charge in [0.15, 0.2) is 0 Å². The fraction of sp³-hybridized carbons (Fsp3) is 0.483. The van der Waals surface area contributed by atoms with E-state index in [1.54, 1.807) is 0 Å². The lowest BCUT2D eigenvalue weighted by molar-refractivity contribution is 0.332.